The van der Waals surface area contributed by atoms with E-state index in [1.165, 1.54) is 18.5 Å². The molecule has 1 saturated heterocycles. The van der Waals surface area contributed by atoms with Crippen LogP contribution in [-0.2, 0) is 4.79 Å². The molecule has 0 radical (unpaired) electrons. The molecule has 1 atom stereocenters. The highest BCUT2D eigenvalue weighted by atomic mass is 16.2. The van der Waals surface area contributed by atoms with E-state index in [2.05, 4.69) is 22.0 Å². The van der Waals surface area contributed by atoms with E-state index in [0.717, 1.165) is 26.1 Å². The lowest BCUT2D eigenvalue weighted by molar-refractivity contribution is -0.131. The summed E-state index contributed by atoms with van der Waals surface area (Å²) in [6, 6.07) is 3.79. The van der Waals surface area contributed by atoms with Gasteiger partial charge in [-0.15, -0.1) is 0 Å². The molecule has 1 aromatic heterocycles. The van der Waals surface area contributed by atoms with Crippen LogP contribution < -0.4 is 10.6 Å². The molecule has 22 heavy (non-hydrogen) atoms. The lowest BCUT2D eigenvalue weighted by Gasteiger charge is -2.34. The number of hydrogen-bond donors (Lipinski definition) is 1. The molecule has 5 nitrogen and oxygen atoms in total. The maximum Gasteiger partial charge on any atom is 0.239 e. The molecule has 2 N–H and O–H groups in total. The monoisotopic (exact) mass is 304 g/mol. The minimum Gasteiger partial charge on any atom is -0.371 e. The van der Waals surface area contributed by atoms with Crippen LogP contribution in [0.4, 0.5) is 5.69 Å². The second-order valence-corrected chi connectivity index (χ2v) is 6.20. The highest BCUT2D eigenvalue weighted by Crippen LogP contribution is 2.24. The summed E-state index contributed by atoms with van der Waals surface area (Å²) in [4.78, 5) is 20.2. The fraction of sp³-hybridized carbons (Fsp3) is 0.647. The Labute approximate surface area is 133 Å². The molecular weight excluding hydrogens is 276 g/mol. The molecule has 0 spiro atoms. The number of carbonyl (C=O) groups is 1. The summed E-state index contributed by atoms with van der Waals surface area (Å²) < 4.78 is 0. The number of pyridine rings is 1. The number of nitrogens with zero attached hydrogens (tertiary/aromatic N) is 3. The SMILES string of the molecule is CC[C@H](N)C(=O)N(C)CCC1CCN(c2ccncc2)CC1. The Bertz CT molecular complexity index is 457. The van der Waals surface area contributed by atoms with E-state index >= 15 is 0 Å². The third-order valence-electron chi connectivity index (χ3n) is 4.65. The zero-order valence-electron chi connectivity index (χ0n) is 13.7. The number of rotatable bonds is 6. The lowest BCUT2D eigenvalue weighted by Crippen LogP contribution is -2.42. The van der Waals surface area contributed by atoms with Gasteiger partial charge in [0.2, 0.25) is 5.91 Å². The van der Waals surface area contributed by atoms with Crippen LogP contribution in [0.2, 0.25) is 0 Å². The lowest BCUT2D eigenvalue weighted by atomic mass is 9.93. The van der Waals surface area contributed by atoms with E-state index in [1.807, 2.05) is 26.4 Å². The smallest absolute Gasteiger partial charge is 0.239 e. The first-order chi connectivity index (χ1) is 10.6. The van der Waals surface area contributed by atoms with Crippen LogP contribution in [0.25, 0.3) is 0 Å². The second kappa shape index (κ2) is 8.13. The highest BCUT2D eigenvalue weighted by Gasteiger charge is 2.21. The molecule has 1 amide bonds. The Hall–Kier alpha value is -1.62. The van der Waals surface area contributed by atoms with Crippen LogP contribution >= 0.6 is 0 Å². The maximum atomic E-state index is 12.0. The first-order valence-electron chi connectivity index (χ1n) is 8.27. The van der Waals surface area contributed by atoms with Gasteiger partial charge in [0, 0.05) is 44.8 Å². The molecule has 0 unspecified atom stereocenters. The van der Waals surface area contributed by atoms with Crippen molar-refractivity contribution < 1.29 is 4.79 Å². The summed E-state index contributed by atoms with van der Waals surface area (Å²) in [7, 11) is 1.87. The molecule has 0 aliphatic carbocycles. The van der Waals surface area contributed by atoms with Crippen molar-refractivity contribution in [3.63, 3.8) is 0 Å². The number of nitrogens with two attached hydrogens (primary N) is 1. The standard InChI is InChI=1S/C17H28N4O/c1-3-16(18)17(22)20(2)11-6-14-7-12-21(13-8-14)15-4-9-19-10-5-15/h4-5,9-10,14,16H,3,6-8,11-13,18H2,1-2H3/t16-/m0/s1. The fourth-order valence-corrected chi connectivity index (χ4v) is 2.98. The van der Waals surface area contributed by atoms with Gasteiger partial charge in [-0.1, -0.05) is 6.92 Å². The van der Waals surface area contributed by atoms with Crippen LogP contribution in [0.5, 0.6) is 0 Å². The quantitative estimate of drug-likeness (QED) is 0.871. The summed E-state index contributed by atoms with van der Waals surface area (Å²) in [5.74, 6) is 0.767. The number of aromatic nitrogens is 1. The number of likely N-dealkylation sites (N-methyl/N-ethyl adjacent to an activating group) is 1. The van der Waals surface area contributed by atoms with Gasteiger partial charge in [0.15, 0.2) is 0 Å². The normalized spacial score (nSPS) is 17.3. The van der Waals surface area contributed by atoms with Crippen LogP contribution in [0.15, 0.2) is 24.5 Å². The summed E-state index contributed by atoms with van der Waals surface area (Å²) in [5.41, 5.74) is 7.06. The number of hydrogen-bond acceptors (Lipinski definition) is 4. The molecular formula is C17H28N4O. The molecule has 1 fully saturated rings. The van der Waals surface area contributed by atoms with Gasteiger partial charge in [-0.3, -0.25) is 9.78 Å². The summed E-state index contributed by atoms with van der Waals surface area (Å²) in [6.45, 7) is 4.93. The number of piperidine rings is 1. The Kier molecular flexibility index (Phi) is 6.19. The first-order valence-corrected chi connectivity index (χ1v) is 8.27. The van der Waals surface area contributed by atoms with Crippen molar-refractivity contribution in [3.05, 3.63) is 24.5 Å². The van der Waals surface area contributed by atoms with E-state index in [1.54, 1.807) is 4.90 Å². The minimum atomic E-state index is -0.349. The highest BCUT2D eigenvalue weighted by molar-refractivity contribution is 5.81. The summed E-state index contributed by atoms with van der Waals surface area (Å²) in [5, 5.41) is 0. The zero-order valence-corrected chi connectivity index (χ0v) is 13.7. The molecule has 1 aliphatic heterocycles. The Morgan fingerprint density at radius 1 is 1.41 bits per heavy atom. The fourth-order valence-electron chi connectivity index (χ4n) is 2.98. The van der Waals surface area contributed by atoms with E-state index in [0.29, 0.717) is 12.3 Å². The van der Waals surface area contributed by atoms with Crippen molar-refractivity contribution in [2.24, 2.45) is 11.7 Å². The molecule has 2 heterocycles. The summed E-state index contributed by atoms with van der Waals surface area (Å²) >= 11 is 0. The Balaban J connectivity index is 1.73. The third kappa shape index (κ3) is 4.44. The Morgan fingerprint density at radius 3 is 2.64 bits per heavy atom. The van der Waals surface area contributed by atoms with Gasteiger partial charge < -0.3 is 15.5 Å². The largest absolute Gasteiger partial charge is 0.371 e. The van der Waals surface area contributed by atoms with Crippen LogP contribution in [0, 0.1) is 5.92 Å². The molecule has 0 bridgehead atoms. The number of anilines is 1. The predicted molar refractivity (Wildman–Crippen MR) is 89.7 cm³/mol. The van der Waals surface area contributed by atoms with E-state index in [-0.39, 0.29) is 11.9 Å². The minimum absolute atomic E-state index is 0.0664. The summed E-state index contributed by atoms with van der Waals surface area (Å²) in [6.07, 6.45) is 7.84. The van der Waals surface area contributed by atoms with Crippen molar-refractivity contribution in [2.75, 3.05) is 31.6 Å². The van der Waals surface area contributed by atoms with Crippen molar-refractivity contribution >= 4 is 11.6 Å². The van der Waals surface area contributed by atoms with Crippen molar-refractivity contribution in [3.8, 4) is 0 Å². The van der Waals surface area contributed by atoms with Crippen molar-refractivity contribution in [2.45, 2.75) is 38.6 Å². The van der Waals surface area contributed by atoms with Gasteiger partial charge in [-0.25, -0.2) is 0 Å². The Morgan fingerprint density at radius 2 is 2.05 bits per heavy atom. The molecule has 0 saturated carbocycles. The molecule has 1 aromatic rings. The maximum absolute atomic E-state index is 12.0. The van der Waals surface area contributed by atoms with Gasteiger partial charge in [0.25, 0.3) is 0 Å². The first kappa shape index (κ1) is 16.7. The predicted octanol–water partition coefficient (Wildman–Crippen LogP) is 1.88. The van der Waals surface area contributed by atoms with Gasteiger partial charge in [-0.05, 0) is 43.7 Å². The van der Waals surface area contributed by atoms with Gasteiger partial charge >= 0.3 is 0 Å². The molecule has 1 aliphatic rings. The van der Waals surface area contributed by atoms with Crippen LogP contribution in [0.3, 0.4) is 0 Å². The average molecular weight is 304 g/mol. The zero-order chi connectivity index (χ0) is 15.9. The van der Waals surface area contributed by atoms with Crippen molar-refractivity contribution in [1.29, 1.82) is 0 Å². The molecule has 2 rings (SSSR count). The van der Waals surface area contributed by atoms with Gasteiger partial charge in [-0.2, -0.15) is 0 Å². The number of carbonyl (C=O) groups excluding carboxylic acids is 1. The average Bonchev–Trinajstić information content (AvgIpc) is 2.59. The molecule has 0 aromatic carbocycles. The van der Waals surface area contributed by atoms with E-state index in [9.17, 15) is 4.79 Å². The van der Waals surface area contributed by atoms with Crippen molar-refractivity contribution in [1.82, 2.24) is 9.88 Å². The van der Waals surface area contributed by atoms with E-state index < -0.39 is 0 Å². The van der Waals surface area contributed by atoms with Gasteiger partial charge in [0.05, 0.1) is 6.04 Å². The third-order valence-corrected chi connectivity index (χ3v) is 4.65. The van der Waals surface area contributed by atoms with E-state index in [4.69, 9.17) is 5.73 Å². The van der Waals surface area contributed by atoms with Crippen LogP contribution in [-0.4, -0.2) is 48.5 Å². The number of amides is 1. The second-order valence-electron chi connectivity index (χ2n) is 6.20. The molecule has 5 heteroatoms. The topological polar surface area (TPSA) is 62.5 Å². The van der Waals surface area contributed by atoms with Gasteiger partial charge in [0.1, 0.15) is 0 Å². The van der Waals surface area contributed by atoms with Crippen LogP contribution in [0.1, 0.15) is 32.6 Å². The molecule has 122 valence electrons.